The van der Waals surface area contributed by atoms with Crippen molar-refractivity contribution in [2.24, 2.45) is 44.8 Å². The average molecular weight is 785 g/mol. The molecule has 0 saturated heterocycles. The molecule has 314 valence electrons. The summed E-state index contributed by atoms with van der Waals surface area (Å²) in [5, 5.41) is 40.6. The molecule has 5 fully saturated rings. The van der Waals surface area contributed by atoms with Crippen LogP contribution in [0.4, 0.5) is 0 Å². The van der Waals surface area contributed by atoms with Crippen LogP contribution >= 0.6 is 0 Å². The van der Waals surface area contributed by atoms with Gasteiger partial charge in [-0.3, -0.25) is 4.79 Å². The van der Waals surface area contributed by atoms with E-state index in [-0.39, 0.29) is 25.0 Å². The van der Waals surface area contributed by atoms with Gasteiger partial charge in [-0.2, -0.15) is 0 Å². The van der Waals surface area contributed by atoms with E-state index in [2.05, 4.69) is 44.2 Å². The zero-order valence-electron chi connectivity index (χ0n) is 35.5. The Kier molecular flexibility index (Phi) is 11.0. The molecular weight excluding hydrogens is 713 g/mol. The van der Waals surface area contributed by atoms with Crippen LogP contribution in [0.2, 0.25) is 0 Å². The number of ether oxygens (including phenoxy) is 2. The summed E-state index contributed by atoms with van der Waals surface area (Å²) in [5.41, 5.74) is -2.71. The zero-order chi connectivity index (χ0) is 40.3. The SMILES string of the molecule is CC(=O)O[C@@H]1C[C@]2(C)C=C[C@](O)(CC[C@H](C)CCCc3ccccc3)[C@@]3([C@H](O)CC[C@@](C)(C4CCC5(CC4)CCC4(CCCC4)C5)[C@H]13)[C@@]2(O)CCC1=CC(=O)OC1. The largest absolute Gasteiger partial charge is 0.462 e. The van der Waals surface area contributed by atoms with E-state index in [0.29, 0.717) is 48.3 Å². The lowest BCUT2D eigenvalue weighted by molar-refractivity contribution is -0.362. The maximum Gasteiger partial charge on any atom is 0.331 e. The molecule has 7 nitrogen and oxygen atoms in total. The van der Waals surface area contributed by atoms with Gasteiger partial charge in [0.25, 0.3) is 0 Å². The number of benzene rings is 1. The maximum absolute atomic E-state index is 14.0. The Hall–Kier alpha value is -2.48. The van der Waals surface area contributed by atoms with E-state index in [1.807, 2.05) is 19.1 Å². The van der Waals surface area contributed by atoms with E-state index >= 15 is 0 Å². The number of cyclic esters (lactones) is 1. The number of hydrogen-bond acceptors (Lipinski definition) is 7. The molecule has 9 atom stereocenters. The van der Waals surface area contributed by atoms with Gasteiger partial charge in [-0.25, -0.2) is 4.79 Å². The first-order chi connectivity index (χ1) is 27.1. The molecule has 8 rings (SSSR count). The van der Waals surface area contributed by atoms with Gasteiger partial charge in [0.2, 0.25) is 0 Å². The van der Waals surface area contributed by atoms with E-state index in [0.717, 1.165) is 50.5 Å². The van der Waals surface area contributed by atoms with Gasteiger partial charge in [0, 0.05) is 24.3 Å². The average Bonchev–Trinajstić information content (AvgIpc) is 3.92. The molecule has 7 heteroatoms. The van der Waals surface area contributed by atoms with Gasteiger partial charge in [-0.05, 0) is 155 Å². The van der Waals surface area contributed by atoms with Crippen LogP contribution in [0.1, 0.15) is 162 Å². The summed E-state index contributed by atoms with van der Waals surface area (Å²) >= 11 is 0. The van der Waals surface area contributed by atoms with Crippen LogP contribution in [-0.2, 0) is 25.5 Å². The molecule has 0 amide bonds. The van der Waals surface area contributed by atoms with Crippen molar-refractivity contribution in [3.63, 3.8) is 0 Å². The highest BCUT2D eigenvalue weighted by Crippen LogP contribution is 2.76. The molecule has 3 spiro atoms. The Morgan fingerprint density at radius 3 is 2.26 bits per heavy atom. The molecule has 0 aromatic heterocycles. The summed E-state index contributed by atoms with van der Waals surface area (Å²) in [6.07, 6.45) is 24.7. The number of esters is 2. The molecule has 1 aromatic rings. The van der Waals surface area contributed by atoms with E-state index in [4.69, 9.17) is 9.47 Å². The van der Waals surface area contributed by atoms with Crippen LogP contribution in [0.5, 0.6) is 0 Å². The van der Waals surface area contributed by atoms with E-state index in [9.17, 15) is 24.9 Å². The normalized spacial score (nSPS) is 42.5. The van der Waals surface area contributed by atoms with Crippen LogP contribution in [0.25, 0.3) is 0 Å². The fourth-order valence-electron chi connectivity index (χ4n) is 15.3. The van der Waals surface area contributed by atoms with Crippen molar-refractivity contribution in [1.82, 2.24) is 0 Å². The fraction of sp³-hybridized carbons (Fsp3) is 0.760. The third-order valence-corrected chi connectivity index (χ3v) is 18.2. The smallest absolute Gasteiger partial charge is 0.331 e. The minimum atomic E-state index is -1.56. The van der Waals surface area contributed by atoms with Crippen LogP contribution in [0.3, 0.4) is 0 Å². The Labute approximate surface area is 342 Å². The molecule has 1 aromatic carbocycles. The molecule has 57 heavy (non-hydrogen) atoms. The quantitative estimate of drug-likeness (QED) is 0.143. The first kappa shape index (κ1) is 41.3. The Balaban J connectivity index is 1.16. The summed E-state index contributed by atoms with van der Waals surface area (Å²) in [6.45, 7) is 8.35. The second kappa shape index (κ2) is 15.2. The predicted molar refractivity (Wildman–Crippen MR) is 222 cm³/mol. The monoisotopic (exact) mass is 785 g/mol. The number of aliphatic hydroxyl groups excluding tert-OH is 1. The van der Waals surface area contributed by atoms with Crippen LogP contribution in [0.15, 0.2) is 54.1 Å². The lowest BCUT2D eigenvalue weighted by Crippen LogP contribution is -2.83. The zero-order valence-corrected chi connectivity index (χ0v) is 35.5. The van der Waals surface area contributed by atoms with E-state index < -0.39 is 45.6 Å². The number of hydrogen-bond donors (Lipinski definition) is 3. The van der Waals surface area contributed by atoms with Gasteiger partial charge in [-0.15, -0.1) is 0 Å². The molecule has 2 bridgehead atoms. The van der Waals surface area contributed by atoms with Crippen molar-refractivity contribution >= 4 is 11.9 Å². The van der Waals surface area contributed by atoms with Crippen molar-refractivity contribution in [3.8, 4) is 0 Å². The molecule has 0 radical (unpaired) electrons. The highest BCUT2D eigenvalue weighted by molar-refractivity contribution is 5.85. The first-order valence-electron chi connectivity index (χ1n) is 23.0. The van der Waals surface area contributed by atoms with Crippen LogP contribution in [0, 0.1) is 44.8 Å². The summed E-state index contributed by atoms with van der Waals surface area (Å²) in [7, 11) is 0. The lowest BCUT2D eigenvalue weighted by Gasteiger charge is -2.76. The standard InChI is InChI=1S/C50H72O7/c1-35(11-10-14-37-12-6-5-7-13-37)15-25-48(54)30-27-44(3)32-40(57-36(2)51)43-45(4,39-17-23-47(24-18-39)29-28-46(34-47)20-8-9-21-46)22-19-41(52)50(43,48)49(44,55)26-16-38-31-42(53)56-33-38/h5-7,12-13,27,30-31,35,39-41,43,52,54-55H,8-11,14-26,28-29,32-34H2,1-4H3/t35-,39?,40-,41-,43+,44+,45+,47?,48-,49-,50+/m1/s1. The molecular formula is C50H72O7. The molecule has 0 unspecified atom stereocenters. The summed E-state index contributed by atoms with van der Waals surface area (Å²) in [6, 6.07) is 10.6. The minimum absolute atomic E-state index is 0.199. The molecule has 7 aliphatic rings. The Morgan fingerprint density at radius 1 is 0.895 bits per heavy atom. The predicted octanol–water partition coefficient (Wildman–Crippen LogP) is 9.75. The second-order valence-corrected chi connectivity index (χ2v) is 21.4. The summed E-state index contributed by atoms with van der Waals surface area (Å²) in [5.74, 6) is -0.556. The topological polar surface area (TPSA) is 113 Å². The molecule has 1 heterocycles. The maximum atomic E-state index is 14.0. The molecule has 5 saturated carbocycles. The molecule has 1 aliphatic heterocycles. The lowest BCUT2D eigenvalue weighted by atomic mass is 9.31. The van der Waals surface area contributed by atoms with E-state index in [1.54, 1.807) is 0 Å². The highest BCUT2D eigenvalue weighted by Gasteiger charge is 2.81. The number of fused-ring (bicyclic) bond motifs is 1. The van der Waals surface area contributed by atoms with Gasteiger partial charge in [-0.1, -0.05) is 82.5 Å². The number of aliphatic hydroxyl groups is 3. The third kappa shape index (κ3) is 6.90. The number of aryl methyl sites for hydroxylation is 1. The van der Waals surface area contributed by atoms with Gasteiger partial charge in [0.15, 0.2) is 0 Å². The Morgan fingerprint density at radius 2 is 1.60 bits per heavy atom. The van der Waals surface area contributed by atoms with Crippen molar-refractivity contribution in [1.29, 1.82) is 0 Å². The highest BCUT2D eigenvalue weighted by atomic mass is 16.5. The summed E-state index contributed by atoms with van der Waals surface area (Å²) in [4.78, 5) is 25.4. The van der Waals surface area contributed by atoms with Crippen LogP contribution < -0.4 is 0 Å². The van der Waals surface area contributed by atoms with Gasteiger partial charge in [0.05, 0.1) is 22.7 Å². The first-order valence-corrected chi connectivity index (χ1v) is 23.0. The van der Waals surface area contributed by atoms with Gasteiger partial charge >= 0.3 is 11.9 Å². The number of rotatable bonds is 12. The number of carbonyl (C=O) groups excluding carboxylic acids is 2. The van der Waals surface area contributed by atoms with Crippen LogP contribution in [-0.4, -0.2) is 57.3 Å². The summed E-state index contributed by atoms with van der Waals surface area (Å²) < 4.78 is 11.8. The minimum Gasteiger partial charge on any atom is -0.462 e. The third-order valence-electron chi connectivity index (χ3n) is 18.2. The van der Waals surface area contributed by atoms with Crippen molar-refractivity contribution in [3.05, 3.63) is 59.7 Å². The Bertz CT molecular complexity index is 1700. The van der Waals surface area contributed by atoms with Crippen molar-refractivity contribution in [2.45, 2.75) is 186 Å². The van der Waals surface area contributed by atoms with Gasteiger partial charge in [0.1, 0.15) is 12.7 Å². The molecule has 6 aliphatic carbocycles. The van der Waals surface area contributed by atoms with Crippen molar-refractivity contribution < 1.29 is 34.4 Å². The fourth-order valence-corrected chi connectivity index (χ4v) is 15.3. The molecule has 3 N–H and O–H groups in total. The van der Waals surface area contributed by atoms with Gasteiger partial charge < -0.3 is 24.8 Å². The second-order valence-electron chi connectivity index (χ2n) is 21.4. The van der Waals surface area contributed by atoms with Crippen molar-refractivity contribution in [2.75, 3.05) is 6.61 Å². The number of carbonyl (C=O) groups is 2. The van der Waals surface area contributed by atoms with E-state index in [1.165, 1.54) is 76.4 Å².